The van der Waals surface area contributed by atoms with Crippen molar-refractivity contribution in [2.75, 3.05) is 20.2 Å². The van der Waals surface area contributed by atoms with Crippen molar-refractivity contribution in [2.45, 2.75) is 25.9 Å². The number of likely N-dealkylation sites (N-methyl/N-ethyl adjacent to an activating group) is 1. The van der Waals surface area contributed by atoms with Crippen molar-refractivity contribution in [3.63, 3.8) is 0 Å². The molecule has 0 saturated carbocycles. The van der Waals surface area contributed by atoms with Gasteiger partial charge in [-0.15, -0.1) is 0 Å². The lowest BCUT2D eigenvalue weighted by Gasteiger charge is -2.22. The van der Waals surface area contributed by atoms with E-state index in [0.29, 0.717) is 24.3 Å². The Morgan fingerprint density at radius 3 is 2.79 bits per heavy atom. The molecule has 0 saturated heterocycles. The highest BCUT2D eigenvalue weighted by molar-refractivity contribution is 5.94. The van der Waals surface area contributed by atoms with E-state index >= 15 is 0 Å². The van der Waals surface area contributed by atoms with Crippen molar-refractivity contribution >= 4 is 16.9 Å². The number of aromatic carboxylic acids is 1. The molecule has 1 aromatic heterocycles. The van der Waals surface area contributed by atoms with E-state index in [1.54, 1.807) is 6.07 Å². The van der Waals surface area contributed by atoms with Crippen LogP contribution in [0.5, 0.6) is 5.75 Å². The lowest BCUT2D eigenvalue weighted by atomic mass is 9.99. The molecule has 6 nitrogen and oxygen atoms in total. The summed E-state index contributed by atoms with van der Waals surface area (Å²) in [6.45, 7) is 2.77. The summed E-state index contributed by atoms with van der Waals surface area (Å²) in [4.78, 5) is 26.3. The zero-order chi connectivity index (χ0) is 20.4. The SMILES string of the molecule is CN(CCOc1cc2c3c(c1)c(=O)c(C(=O)O)cn3CCC2)Cc1ccccc1. The number of nitrogens with zero attached hydrogens (tertiary/aromatic N) is 2. The summed E-state index contributed by atoms with van der Waals surface area (Å²) in [5.74, 6) is -0.574. The number of hydrogen-bond acceptors (Lipinski definition) is 4. The molecule has 1 N–H and O–H groups in total. The van der Waals surface area contributed by atoms with Gasteiger partial charge in [0.05, 0.1) is 10.9 Å². The van der Waals surface area contributed by atoms with Crippen molar-refractivity contribution in [2.24, 2.45) is 0 Å². The van der Waals surface area contributed by atoms with Gasteiger partial charge in [-0.3, -0.25) is 9.69 Å². The van der Waals surface area contributed by atoms with Crippen LogP contribution in [-0.2, 0) is 19.5 Å². The highest BCUT2D eigenvalue weighted by Gasteiger charge is 2.20. The number of aromatic nitrogens is 1. The first-order valence-electron chi connectivity index (χ1n) is 9.81. The predicted molar refractivity (Wildman–Crippen MR) is 112 cm³/mol. The van der Waals surface area contributed by atoms with E-state index in [0.717, 1.165) is 37.0 Å². The smallest absolute Gasteiger partial charge is 0.341 e. The molecule has 2 aromatic carbocycles. The lowest BCUT2D eigenvalue weighted by molar-refractivity contribution is 0.0694. The van der Waals surface area contributed by atoms with Crippen LogP contribution >= 0.6 is 0 Å². The second-order valence-electron chi connectivity index (χ2n) is 7.52. The van der Waals surface area contributed by atoms with Crippen molar-refractivity contribution in [1.82, 2.24) is 9.47 Å². The van der Waals surface area contributed by atoms with E-state index in [9.17, 15) is 14.7 Å². The van der Waals surface area contributed by atoms with Crippen molar-refractivity contribution < 1.29 is 14.6 Å². The molecule has 0 fully saturated rings. The lowest BCUT2D eigenvalue weighted by Crippen LogP contribution is -2.24. The standard InChI is InChI=1S/C23H24N2O4/c1-24(14-16-6-3-2-4-7-16)10-11-29-18-12-17-8-5-9-25-15-20(23(27)28)22(26)19(13-18)21(17)25/h2-4,6-7,12-13,15H,5,8-11,14H2,1H3,(H,27,28). The zero-order valence-corrected chi connectivity index (χ0v) is 16.4. The highest BCUT2D eigenvalue weighted by atomic mass is 16.5. The first kappa shape index (κ1) is 19.2. The van der Waals surface area contributed by atoms with Gasteiger partial charge < -0.3 is 14.4 Å². The topological polar surface area (TPSA) is 71.8 Å². The van der Waals surface area contributed by atoms with Gasteiger partial charge in [-0.1, -0.05) is 30.3 Å². The highest BCUT2D eigenvalue weighted by Crippen LogP contribution is 2.28. The predicted octanol–water partition coefficient (Wildman–Crippen LogP) is 3.16. The van der Waals surface area contributed by atoms with Gasteiger partial charge in [-0.2, -0.15) is 0 Å². The Labute approximate surface area is 169 Å². The molecule has 6 heteroatoms. The van der Waals surface area contributed by atoms with Gasteiger partial charge in [0.2, 0.25) is 5.43 Å². The number of carboxylic acid groups (broad SMARTS) is 1. The summed E-state index contributed by atoms with van der Waals surface area (Å²) in [5, 5.41) is 9.80. The number of carbonyl (C=O) groups is 1. The van der Waals surface area contributed by atoms with Crippen LogP contribution in [0.15, 0.2) is 53.5 Å². The molecule has 0 atom stereocenters. The number of rotatable bonds is 7. The first-order chi connectivity index (χ1) is 14.0. The normalized spacial score (nSPS) is 13.0. The number of ether oxygens (including phenoxy) is 1. The van der Waals surface area contributed by atoms with Crippen LogP contribution in [0.2, 0.25) is 0 Å². The van der Waals surface area contributed by atoms with E-state index in [1.165, 1.54) is 11.8 Å². The molecule has 0 aliphatic carbocycles. The van der Waals surface area contributed by atoms with Gasteiger partial charge in [0.1, 0.15) is 17.9 Å². The second kappa shape index (κ2) is 8.09. The molecule has 4 rings (SSSR count). The average Bonchev–Trinajstić information content (AvgIpc) is 2.71. The molecule has 29 heavy (non-hydrogen) atoms. The third-order valence-electron chi connectivity index (χ3n) is 5.34. The van der Waals surface area contributed by atoms with Gasteiger partial charge >= 0.3 is 5.97 Å². The van der Waals surface area contributed by atoms with E-state index in [1.807, 2.05) is 35.9 Å². The van der Waals surface area contributed by atoms with Crippen molar-refractivity contribution in [1.29, 1.82) is 0 Å². The summed E-state index contributed by atoms with van der Waals surface area (Å²) in [7, 11) is 2.04. The molecule has 2 heterocycles. The van der Waals surface area contributed by atoms with E-state index < -0.39 is 11.4 Å². The van der Waals surface area contributed by atoms with Crippen LogP contribution in [0.25, 0.3) is 10.9 Å². The third-order valence-corrected chi connectivity index (χ3v) is 5.34. The summed E-state index contributed by atoms with van der Waals surface area (Å²) in [6.07, 6.45) is 3.23. The number of benzene rings is 2. The number of hydrogen-bond donors (Lipinski definition) is 1. The molecule has 3 aromatic rings. The minimum absolute atomic E-state index is 0.190. The van der Waals surface area contributed by atoms with Crippen LogP contribution in [0, 0.1) is 0 Å². The molecule has 0 radical (unpaired) electrons. The van der Waals surface area contributed by atoms with Crippen LogP contribution in [0.4, 0.5) is 0 Å². The second-order valence-corrected chi connectivity index (χ2v) is 7.52. The summed E-state index contributed by atoms with van der Waals surface area (Å²) in [6, 6.07) is 13.9. The fourth-order valence-electron chi connectivity index (χ4n) is 3.94. The molecule has 0 unspecified atom stereocenters. The molecule has 0 bridgehead atoms. The quantitative estimate of drug-likeness (QED) is 0.669. The van der Waals surface area contributed by atoms with Gasteiger partial charge in [0, 0.05) is 25.8 Å². The Morgan fingerprint density at radius 1 is 1.24 bits per heavy atom. The summed E-state index contributed by atoms with van der Waals surface area (Å²) >= 11 is 0. The minimum atomic E-state index is -1.19. The van der Waals surface area contributed by atoms with Gasteiger partial charge in [0.25, 0.3) is 0 Å². The Hall–Kier alpha value is -3.12. The Bertz CT molecular complexity index is 1110. The Morgan fingerprint density at radius 2 is 2.03 bits per heavy atom. The van der Waals surface area contributed by atoms with E-state index in [4.69, 9.17) is 4.74 Å². The van der Waals surface area contributed by atoms with Crippen LogP contribution in [0.3, 0.4) is 0 Å². The fraction of sp³-hybridized carbons (Fsp3) is 0.304. The Kier molecular flexibility index (Phi) is 5.36. The molecule has 0 amide bonds. The molecule has 1 aliphatic rings. The van der Waals surface area contributed by atoms with E-state index in [-0.39, 0.29) is 5.56 Å². The van der Waals surface area contributed by atoms with Gasteiger partial charge in [-0.25, -0.2) is 4.79 Å². The summed E-state index contributed by atoms with van der Waals surface area (Å²) < 4.78 is 7.83. The number of carboxylic acids is 1. The maximum atomic E-state index is 12.7. The van der Waals surface area contributed by atoms with Crippen molar-refractivity contribution in [3.8, 4) is 5.75 Å². The third kappa shape index (κ3) is 4.03. The number of pyridine rings is 1. The van der Waals surface area contributed by atoms with Gasteiger partial charge in [0.15, 0.2) is 0 Å². The first-order valence-corrected chi connectivity index (χ1v) is 9.81. The maximum absolute atomic E-state index is 12.7. The van der Waals surface area contributed by atoms with Gasteiger partial charge in [-0.05, 0) is 43.1 Å². The van der Waals surface area contributed by atoms with Crippen molar-refractivity contribution in [3.05, 3.63) is 75.6 Å². The molecular formula is C23H24N2O4. The molecule has 0 spiro atoms. The fourth-order valence-corrected chi connectivity index (χ4v) is 3.94. The summed E-state index contributed by atoms with van der Waals surface area (Å²) in [5.41, 5.74) is 2.48. The van der Waals surface area contributed by atoms with E-state index in [2.05, 4.69) is 17.0 Å². The largest absolute Gasteiger partial charge is 0.492 e. The van der Waals surface area contributed by atoms with Crippen LogP contribution < -0.4 is 10.2 Å². The zero-order valence-electron chi connectivity index (χ0n) is 16.4. The minimum Gasteiger partial charge on any atom is -0.492 e. The molecule has 1 aliphatic heterocycles. The van der Waals surface area contributed by atoms with Crippen LogP contribution in [0.1, 0.15) is 27.9 Å². The molecule has 150 valence electrons. The monoisotopic (exact) mass is 392 g/mol. The van der Waals surface area contributed by atoms with Crippen LogP contribution in [-0.4, -0.2) is 40.7 Å². The Balaban J connectivity index is 1.53. The average molecular weight is 392 g/mol. The maximum Gasteiger partial charge on any atom is 0.341 e. The molecular weight excluding hydrogens is 368 g/mol. The number of aryl methyl sites for hydroxylation is 2.